The predicted molar refractivity (Wildman–Crippen MR) is 69.7 cm³/mol. The highest BCUT2D eigenvalue weighted by Gasteiger charge is 2.21. The van der Waals surface area contributed by atoms with Crippen molar-refractivity contribution >= 4 is 17.2 Å². The third-order valence-electron chi connectivity index (χ3n) is 3.00. The molecular weight excluding hydrogens is 232 g/mol. The van der Waals surface area contributed by atoms with Gasteiger partial charge in [-0.25, -0.2) is 0 Å². The highest BCUT2D eigenvalue weighted by Crippen LogP contribution is 2.22. The number of nitro benzene ring substituents is 1. The number of hydrogen-bond donors (Lipinski definition) is 1. The Balaban J connectivity index is 2.32. The summed E-state index contributed by atoms with van der Waals surface area (Å²) >= 11 is 0. The van der Waals surface area contributed by atoms with Crippen molar-refractivity contribution in [2.24, 2.45) is 21.9 Å². The number of rotatable bonds is 3. The molecule has 1 unspecified atom stereocenters. The molecule has 1 aromatic carbocycles. The van der Waals surface area contributed by atoms with Crippen molar-refractivity contribution in [2.45, 2.75) is 19.8 Å². The third kappa shape index (κ3) is 2.37. The molecular formula is C12H14N4O2. The number of nitro groups is 1. The quantitative estimate of drug-likeness (QED) is 0.653. The topological polar surface area (TPSA) is 93.9 Å². The van der Waals surface area contributed by atoms with Gasteiger partial charge in [-0.15, -0.1) is 5.10 Å². The van der Waals surface area contributed by atoms with E-state index in [2.05, 4.69) is 17.1 Å². The minimum absolute atomic E-state index is 0.0752. The number of benzene rings is 1. The van der Waals surface area contributed by atoms with E-state index in [0.29, 0.717) is 12.3 Å². The number of nitrogens with zero attached hydrogens (tertiary/aromatic N) is 3. The fraction of sp³-hybridized carbons (Fsp3) is 0.333. The molecule has 0 fully saturated rings. The summed E-state index contributed by atoms with van der Waals surface area (Å²) in [5, 5.41) is 18.6. The fourth-order valence-corrected chi connectivity index (χ4v) is 1.97. The Labute approximate surface area is 104 Å². The van der Waals surface area contributed by atoms with Gasteiger partial charge >= 0.3 is 0 Å². The monoisotopic (exact) mass is 246 g/mol. The number of amidine groups is 1. The van der Waals surface area contributed by atoms with Crippen molar-refractivity contribution in [3.8, 4) is 0 Å². The molecule has 0 bridgehead atoms. The molecule has 1 aliphatic rings. The van der Waals surface area contributed by atoms with Crippen LogP contribution >= 0.6 is 0 Å². The summed E-state index contributed by atoms with van der Waals surface area (Å²) < 4.78 is 0. The Hall–Kier alpha value is -2.24. The van der Waals surface area contributed by atoms with Crippen molar-refractivity contribution in [1.29, 1.82) is 0 Å². The molecule has 1 heterocycles. The predicted octanol–water partition coefficient (Wildman–Crippen LogP) is 2.09. The zero-order valence-corrected chi connectivity index (χ0v) is 10.0. The van der Waals surface area contributed by atoms with E-state index in [9.17, 15) is 10.1 Å². The van der Waals surface area contributed by atoms with Crippen LogP contribution in [0.2, 0.25) is 0 Å². The van der Waals surface area contributed by atoms with Crippen LogP contribution in [0.15, 0.2) is 34.5 Å². The maximum atomic E-state index is 10.6. The molecule has 0 radical (unpaired) electrons. The van der Waals surface area contributed by atoms with E-state index in [4.69, 9.17) is 5.73 Å². The second kappa shape index (κ2) is 4.95. The van der Waals surface area contributed by atoms with Crippen LogP contribution < -0.4 is 5.73 Å². The van der Waals surface area contributed by atoms with Gasteiger partial charge in [0.05, 0.1) is 10.6 Å². The fourth-order valence-electron chi connectivity index (χ4n) is 1.97. The molecule has 1 aromatic rings. The van der Waals surface area contributed by atoms with Crippen LogP contribution in [-0.4, -0.2) is 16.5 Å². The van der Waals surface area contributed by atoms with Gasteiger partial charge in [0.2, 0.25) is 0 Å². The van der Waals surface area contributed by atoms with Gasteiger partial charge in [0, 0.05) is 24.5 Å². The number of hydrogen-bond acceptors (Lipinski definition) is 5. The first-order valence-corrected chi connectivity index (χ1v) is 5.76. The molecule has 1 atom stereocenters. The van der Waals surface area contributed by atoms with Crippen LogP contribution in [0.3, 0.4) is 0 Å². The second-order valence-corrected chi connectivity index (χ2v) is 4.19. The van der Waals surface area contributed by atoms with Crippen LogP contribution in [0, 0.1) is 16.0 Å². The molecule has 0 saturated carbocycles. The van der Waals surface area contributed by atoms with Crippen molar-refractivity contribution in [3.05, 3.63) is 39.9 Å². The zero-order valence-electron chi connectivity index (χ0n) is 10.0. The van der Waals surface area contributed by atoms with E-state index in [-0.39, 0.29) is 11.6 Å². The first-order valence-electron chi connectivity index (χ1n) is 5.76. The van der Waals surface area contributed by atoms with Gasteiger partial charge in [0.25, 0.3) is 5.69 Å². The Kier molecular flexibility index (Phi) is 3.36. The molecule has 1 aliphatic heterocycles. The highest BCUT2D eigenvalue weighted by atomic mass is 16.6. The number of nitrogens with two attached hydrogens (primary N) is 1. The van der Waals surface area contributed by atoms with Gasteiger partial charge in [0.1, 0.15) is 5.84 Å². The van der Waals surface area contributed by atoms with Crippen molar-refractivity contribution in [3.63, 3.8) is 0 Å². The van der Waals surface area contributed by atoms with Crippen LogP contribution in [0.4, 0.5) is 5.69 Å². The molecule has 6 nitrogen and oxygen atoms in total. The molecule has 94 valence electrons. The van der Waals surface area contributed by atoms with E-state index in [0.717, 1.165) is 17.7 Å². The summed E-state index contributed by atoms with van der Waals surface area (Å²) in [5.74, 6) is 0.761. The van der Waals surface area contributed by atoms with E-state index < -0.39 is 4.92 Å². The molecule has 0 spiro atoms. The first-order chi connectivity index (χ1) is 8.61. The minimum Gasteiger partial charge on any atom is -0.386 e. The van der Waals surface area contributed by atoms with Crippen LogP contribution in [0.1, 0.15) is 25.3 Å². The van der Waals surface area contributed by atoms with Gasteiger partial charge in [-0.1, -0.05) is 6.92 Å². The summed E-state index contributed by atoms with van der Waals surface area (Å²) in [6.07, 6.45) is 1.60. The van der Waals surface area contributed by atoms with Gasteiger partial charge in [-0.3, -0.25) is 10.1 Å². The first kappa shape index (κ1) is 12.2. The summed E-state index contributed by atoms with van der Waals surface area (Å²) in [6, 6.07) is 6.37. The molecule has 2 N–H and O–H groups in total. The average molecular weight is 246 g/mol. The molecule has 0 aromatic heterocycles. The molecule has 0 aliphatic carbocycles. The lowest BCUT2D eigenvalue weighted by atomic mass is 9.90. The third-order valence-corrected chi connectivity index (χ3v) is 3.00. The van der Waals surface area contributed by atoms with Gasteiger partial charge in [-0.2, -0.15) is 5.10 Å². The Morgan fingerprint density at radius 2 is 2.06 bits per heavy atom. The molecule has 6 heteroatoms. The maximum absolute atomic E-state index is 10.6. The van der Waals surface area contributed by atoms with Crippen LogP contribution in [0.25, 0.3) is 0 Å². The Morgan fingerprint density at radius 3 is 2.61 bits per heavy atom. The molecule has 18 heavy (non-hydrogen) atoms. The minimum atomic E-state index is -0.417. The summed E-state index contributed by atoms with van der Waals surface area (Å²) in [6.45, 7) is 2.06. The van der Waals surface area contributed by atoms with Crippen LogP contribution in [-0.2, 0) is 0 Å². The van der Waals surface area contributed by atoms with Crippen LogP contribution in [0.5, 0.6) is 0 Å². The Bertz CT molecular complexity index is 519. The standard InChI is InChI=1S/C12H14N4O2/c1-2-8-7-11(13)14-15-12(8)9-3-5-10(6-4-9)16(17)18/h3-6,8H,2,7H2,1H3,(H2,13,14). The van der Waals surface area contributed by atoms with Gasteiger partial charge in [-0.05, 0) is 24.1 Å². The zero-order chi connectivity index (χ0) is 13.1. The second-order valence-electron chi connectivity index (χ2n) is 4.19. The van der Waals surface area contributed by atoms with E-state index in [1.165, 1.54) is 12.1 Å². The smallest absolute Gasteiger partial charge is 0.269 e. The average Bonchev–Trinajstić information content (AvgIpc) is 2.38. The lowest BCUT2D eigenvalue weighted by molar-refractivity contribution is -0.384. The summed E-state index contributed by atoms with van der Waals surface area (Å²) in [5.41, 5.74) is 7.45. The van der Waals surface area contributed by atoms with Crippen molar-refractivity contribution in [2.75, 3.05) is 0 Å². The van der Waals surface area contributed by atoms with Gasteiger partial charge in [0.15, 0.2) is 0 Å². The van der Waals surface area contributed by atoms with E-state index in [1.807, 2.05) is 0 Å². The molecule has 2 rings (SSSR count). The lowest BCUT2D eigenvalue weighted by Gasteiger charge is -2.19. The molecule has 0 saturated heterocycles. The Morgan fingerprint density at radius 1 is 1.39 bits per heavy atom. The summed E-state index contributed by atoms with van der Waals surface area (Å²) in [4.78, 5) is 10.2. The molecule has 0 amide bonds. The van der Waals surface area contributed by atoms with E-state index in [1.54, 1.807) is 12.1 Å². The highest BCUT2D eigenvalue weighted by molar-refractivity contribution is 6.05. The van der Waals surface area contributed by atoms with Gasteiger partial charge < -0.3 is 5.73 Å². The lowest BCUT2D eigenvalue weighted by Crippen LogP contribution is -2.26. The summed E-state index contributed by atoms with van der Waals surface area (Å²) in [7, 11) is 0. The number of non-ortho nitro benzene ring substituents is 1. The maximum Gasteiger partial charge on any atom is 0.269 e. The SMILES string of the molecule is CCC1CC(N)=NN=C1c1ccc([N+](=O)[O-])cc1. The van der Waals surface area contributed by atoms with E-state index >= 15 is 0 Å². The largest absolute Gasteiger partial charge is 0.386 e. The van der Waals surface area contributed by atoms with Crippen molar-refractivity contribution < 1.29 is 4.92 Å². The normalized spacial score (nSPS) is 19.1. The van der Waals surface area contributed by atoms with Crippen molar-refractivity contribution in [1.82, 2.24) is 0 Å².